The van der Waals surface area contributed by atoms with Crippen LogP contribution in [0.1, 0.15) is 46.5 Å². The molecule has 34 heavy (non-hydrogen) atoms. The van der Waals surface area contributed by atoms with Gasteiger partial charge in [0.1, 0.15) is 17.9 Å². The van der Waals surface area contributed by atoms with Crippen molar-refractivity contribution in [2.75, 3.05) is 0 Å². The molecule has 4 rings (SSSR count). The summed E-state index contributed by atoms with van der Waals surface area (Å²) in [5.74, 6) is -4.54. The van der Waals surface area contributed by atoms with Gasteiger partial charge in [-0.2, -0.15) is 0 Å². The van der Waals surface area contributed by atoms with E-state index in [9.17, 15) is 24.6 Å². The fourth-order valence-corrected chi connectivity index (χ4v) is 9.03. The van der Waals surface area contributed by atoms with E-state index >= 15 is 4.39 Å². The Kier molecular flexibility index (Phi) is 6.14. The Morgan fingerprint density at radius 3 is 2.47 bits per heavy atom. The number of carbonyl (C=O) groups excluding carboxylic acids is 2. The fraction of sp³-hybridized carbons (Fsp3) is 0.708. The van der Waals surface area contributed by atoms with Crippen LogP contribution in [0.3, 0.4) is 0 Å². The van der Waals surface area contributed by atoms with Crippen LogP contribution >= 0.6 is 34.8 Å². The summed E-state index contributed by atoms with van der Waals surface area (Å²) in [6.45, 7) is 5.06. The monoisotopic (exact) mass is 536 g/mol. The highest BCUT2D eigenvalue weighted by atomic mass is 35.5. The molecule has 0 aromatic rings. The molecule has 0 spiro atoms. The third kappa shape index (κ3) is 3.09. The van der Waals surface area contributed by atoms with Gasteiger partial charge in [-0.05, 0) is 54.7 Å². The number of aliphatic hydroxyl groups is 2. The molecule has 0 radical (unpaired) electrons. The van der Waals surface area contributed by atoms with Gasteiger partial charge in [-0.15, -0.1) is 23.2 Å². The van der Waals surface area contributed by atoms with Crippen LogP contribution < -0.4 is 0 Å². The number of allylic oxidation sites excluding steroid dienone is 4. The molecule has 4 aliphatic rings. The number of hydrogen-bond acceptors (Lipinski definition) is 5. The van der Waals surface area contributed by atoms with Crippen LogP contribution in [0, 0.1) is 28.6 Å². The summed E-state index contributed by atoms with van der Waals surface area (Å²) in [4.78, 5) is 35.3. The van der Waals surface area contributed by atoms with E-state index in [2.05, 4.69) is 0 Å². The SMILES string of the molecule is C[C@@H]1C[C@H]2[C@@H]3C[C@@H](F)C4=CC(=O)C(Cl)=C[C@]4(C)[C@@]3(Cl)[C@@H](Cl)C[C@]2(C)[C@@]1(O)C(=O)C(O)CC(=O)O. The minimum absolute atomic E-state index is 0.0538. The van der Waals surface area contributed by atoms with Gasteiger partial charge in [-0.1, -0.05) is 32.4 Å². The summed E-state index contributed by atoms with van der Waals surface area (Å²) in [5.41, 5.74) is -4.21. The Bertz CT molecular complexity index is 1030. The molecule has 10 atom stereocenters. The molecule has 3 saturated carbocycles. The Morgan fingerprint density at radius 2 is 1.88 bits per heavy atom. The zero-order chi connectivity index (χ0) is 25.6. The maximum Gasteiger partial charge on any atom is 0.306 e. The van der Waals surface area contributed by atoms with Crippen molar-refractivity contribution < 1.29 is 34.1 Å². The van der Waals surface area contributed by atoms with Crippen LogP contribution in [0.5, 0.6) is 0 Å². The molecule has 3 fully saturated rings. The Morgan fingerprint density at radius 1 is 1.26 bits per heavy atom. The number of aliphatic carboxylic acids is 1. The van der Waals surface area contributed by atoms with Gasteiger partial charge in [-0.3, -0.25) is 14.4 Å². The first kappa shape index (κ1) is 26.1. The molecule has 0 aliphatic heterocycles. The molecule has 6 nitrogen and oxygen atoms in total. The van der Waals surface area contributed by atoms with Crippen LogP contribution in [0.25, 0.3) is 0 Å². The Labute approximate surface area is 212 Å². The van der Waals surface area contributed by atoms with Crippen molar-refractivity contribution in [3.63, 3.8) is 0 Å². The standard InChI is InChI=1S/C24H28Cl3FO6/c1-10-4-11-12-5-15(28)13-6-16(29)14(25)8-21(13,2)23(12,27)18(26)9-22(11,3)24(10,34)20(33)17(30)7-19(31)32/h6,8,10-12,15,17-18,30,34H,4-5,7,9H2,1-3H3,(H,31,32)/t10-,11+,12+,15-,17?,18+,21+,22+,23+,24+/m1/s1. The largest absolute Gasteiger partial charge is 0.481 e. The van der Waals surface area contributed by atoms with Crippen molar-refractivity contribution in [3.05, 3.63) is 22.8 Å². The van der Waals surface area contributed by atoms with Gasteiger partial charge in [0.2, 0.25) is 0 Å². The molecular weight excluding hydrogens is 510 g/mol. The summed E-state index contributed by atoms with van der Waals surface area (Å²) in [5, 5.41) is 30.2. The number of rotatable bonds is 4. The first-order chi connectivity index (χ1) is 15.6. The number of alkyl halides is 3. The maximum absolute atomic E-state index is 15.6. The molecule has 4 aliphatic carbocycles. The minimum Gasteiger partial charge on any atom is -0.481 e. The second-order valence-electron chi connectivity index (χ2n) is 10.8. The molecule has 0 bridgehead atoms. The summed E-state index contributed by atoms with van der Waals surface area (Å²) in [6.07, 6.45) is -1.25. The lowest BCUT2D eigenvalue weighted by Crippen LogP contribution is -2.69. The van der Waals surface area contributed by atoms with Crippen molar-refractivity contribution in [2.24, 2.45) is 28.6 Å². The predicted molar refractivity (Wildman–Crippen MR) is 125 cm³/mol. The van der Waals surface area contributed by atoms with E-state index in [1.807, 2.05) is 0 Å². The number of ketones is 2. The van der Waals surface area contributed by atoms with Crippen molar-refractivity contribution in [3.8, 4) is 0 Å². The highest BCUT2D eigenvalue weighted by Gasteiger charge is 2.75. The van der Waals surface area contributed by atoms with Crippen LogP contribution in [-0.2, 0) is 14.4 Å². The number of fused-ring (bicyclic) bond motifs is 5. The van der Waals surface area contributed by atoms with Crippen molar-refractivity contribution in [2.45, 2.75) is 74.6 Å². The van der Waals surface area contributed by atoms with E-state index in [0.29, 0.717) is 6.42 Å². The number of aliphatic hydroxyl groups excluding tert-OH is 1. The third-order valence-corrected chi connectivity index (χ3v) is 11.1. The van der Waals surface area contributed by atoms with E-state index in [1.165, 1.54) is 12.2 Å². The van der Waals surface area contributed by atoms with Gasteiger partial charge < -0.3 is 15.3 Å². The van der Waals surface area contributed by atoms with Crippen LogP contribution in [0.2, 0.25) is 0 Å². The van der Waals surface area contributed by atoms with Gasteiger partial charge in [0.15, 0.2) is 11.6 Å². The van der Waals surface area contributed by atoms with Gasteiger partial charge in [0.05, 0.1) is 21.7 Å². The second kappa shape index (κ2) is 8.01. The van der Waals surface area contributed by atoms with Crippen molar-refractivity contribution >= 4 is 52.3 Å². The van der Waals surface area contributed by atoms with E-state index in [4.69, 9.17) is 39.9 Å². The van der Waals surface area contributed by atoms with Gasteiger partial charge >= 0.3 is 5.97 Å². The molecule has 1 unspecified atom stereocenters. The molecule has 0 heterocycles. The first-order valence-corrected chi connectivity index (χ1v) is 12.5. The first-order valence-electron chi connectivity index (χ1n) is 11.3. The van der Waals surface area contributed by atoms with Crippen molar-refractivity contribution in [1.29, 1.82) is 0 Å². The molecule has 3 N–H and O–H groups in total. The molecule has 0 saturated heterocycles. The normalized spacial score (nSPS) is 48.7. The molecular formula is C24H28Cl3FO6. The number of halogens is 4. The highest BCUT2D eigenvalue weighted by molar-refractivity contribution is 6.45. The predicted octanol–water partition coefficient (Wildman–Crippen LogP) is 3.77. The smallest absolute Gasteiger partial charge is 0.306 e. The summed E-state index contributed by atoms with van der Waals surface area (Å²) < 4.78 is 15.6. The maximum atomic E-state index is 15.6. The van der Waals surface area contributed by atoms with Crippen LogP contribution in [0.4, 0.5) is 4.39 Å². The molecule has 188 valence electrons. The average Bonchev–Trinajstić information content (AvgIpc) is 2.93. The zero-order valence-electron chi connectivity index (χ0n) is 19.0. The van der Waals surface area contributed by atoms with Crippen LogP contribution in [-0.4, -0.2) is 61.0 Å². The number of carboxylic acid groups (broad SMARTS) is 1. The third-order valence-electron chi connectivity index (χ3n) is 9.27. The fourth-order valence-electron chi connectivity index (χ4n) is 7.57. The Hall–Kier alpha value is -0.990. The highest BCUT2D eigenvalue weighted by Crippen LogP contribution is 2.72. The quantitative estimate of drug-likeness (QED) is 0.471. The second-order valence-corrected chi connectivity index (χ2v) is 12.4. The van der Waals surface area contributed by atoms with Gasteiger partial charge in [0, 0.05) is 10.8 Å². The van der Waals surface area contributed by atoms with E-state index in [1.54, 1.807) is 20.8 Å². The topological polar surface area (TPSA) is 112 Å². The summed E-state index contributed by atoms with van der Waals surface area (Å²) >= 11 is 20.5. The molecule has 0 aromatic carbocycles. The molecule has 0 amide bonds. The number of hydrogen-bond donors (Lipinski definition) is 3. The van der Waals surface area contributed by atoms with E-state index in [0.717, 1.165) is 0 Å². The van der Waals surface area contributed by atoms with Gasteiger partial charge in [0.25, 0.3) is 0 Å². The summed E-state index contributed by atoms with van der Waals surface area (Å²) in [6, 6.07) is 0. The zero-order valence-corrected chi connectivity index (χ0v) is 21.3. The summed E-state index contributed by atoms with van der Waals surface area (Å²) in [7, 11) is 0. The van der Waals surface area contributed by atoms with Crippen LogP contribution in [0.15, 0.2) is 22.8 Å². The number of carbonyl (C=O) groups is 3. The van der Waals surface area contributed by atoms with Crippen molar-refractivity contribution in [1.82, 2.24) is 0 Å². The van der Waals surface area contributed by atoms with E-state index < -0.39 is 80.7 Å². The molecule has 10 heteroatoms. The average molecular weight is 538 g/mol. The van der Waals surface area contributed by atoms with Gasteiger partial charge in [-0.25, -0.2) is 4.39 Å². The van der Waals surface area contributed by atoms with E-state index in [-0.39, 0.29) is 23.4 Å². The minimum atomic E-state index is -2.07. The lowest BCUT2D eigenvalue weighted by atomic mass is 9.46. The lowest BCUT2D eigenvalue weighted by Gasteiger charge is -2.64. The number of carboxylic acids is 1. The lowest BCUT2D eigenvalue weighted by molar-refractivity contribution is -0.175. The number of Topliss-reactive ketones (excluding diaryl/α,β-unsaturated/α-hetero) is 1. The Balaban J connectivity index is 1.82. The molecule has 0 aromatic heterocycles.